The Morgan fingerprint density at radius 3 is 1.05 bits per heavy atom. The molecular formula is C44H41N8O4+. The fourth-order valence-electron chi connectivity index (χ4n) is 8.04. The van der Waals surface area contributed by atoms with Crippen molar-refractivity contribution in [3.8, 4) is 23.0 Å². The van der Waals surface area contributed by atoms with Gasteiger partial charge in [-0.1, -0.05) is 0 Å². The Hall–Kier alpha value is -6.95. The molecule has 0 saturated carbocycles. The van der Waals surface area contributed by atoms with E-state index in [2.05, 4.69) is 24.5 Å². The zero-order chi connectivity index (χ0) is 38.2. The summed E-state index contributed by atoms with van der Waals surface area (Å²) in [5.74, 6) is 0.471. The first-order chi connectivity index (χ1) is 27.3. The van der Waals surface area contributed by atoms with Gasteiger partial charge in [-0.25, -0.2) is 24.5 Å². The molecule has 0 atom stereocenters. The van der Waals surface area contributed by atoms with Crippen molar-refractivity contribution in [2.75, 3.05) is 6.67 Å². The number of phenols is 4. The summed E-state index contributed by atoms with van der Waals surface area (Å²) < 4.78 is 8.01. The van der Waals surface area contributed by atoms with Crippen LogP contribution in [0.2, 0.25) is 0 Å². The molecule has 0 saturated heterocycles. The number of imidazole rings is 3. The highest BCUT2D eigenvalue weighted by atomic mass is 16.3. The molecule has 7 aromatic rings. The molecule has 12 nitrogen and oxygen atoms in total. The topological polar surface area (TPSA) is 150 Å². The maximum absolute atomic E-state index is 12.0. The first kappa shape index (κ1) is 34.8. The van der Waals surface area contributed by atoms with Crippen molar-refractivity contribution < 1.29 is 25.0 Å². The van der Waals surface area contributed by atoms with Crippen molar-refractivity contribution >= 4 is 12.4 Å². The summed E-state index contributed by atoms with van der Waals surface area (Å²) in [6, 6.07) is 15.9. The Balaban J connectivity index is 1.24. The van der Waals surface area contributed by atoms with E-state index >= 15 is 0 Å². The van der Waals surface area contributed by atoms with Crippen LogP contribution in [0.4, 0.5) is 0 Å². The molecule has 8 bridgehead atoms. The Morgan fingerprint density at radius 2 is 0.786 bits per heavy atom. The normalized spacial score (nSPS) is 13.6. The number of nitrogens with zero attached hydrogens (tertiary/aromatic N) is 8. The minimum Gasteiger partial charge on any atom is -0.507 e. The highest BCUT2D eigenvalue weighted by Crippen LogP contribution is 2.39. The highest BCUT2D eigenvalue weighted by molar-refractivity contribution is 6.14. The van der Waals surface area contributed by atoms with Crippen LogP contribution in [0.3, 0.4) is 0 Å². The van der Waals surface area contributed by atoms with E-state index in [9.17, 15) is 20.4 Å². The molecule has 56 heavy (non-hydrogen) atoms. The Labute approximate surface area is 323 Å². The second-order valence-corrected chi connectivity index (χ2v) is 14.8. The predicted molar refractivity (Wildman–Crippen MR) is 211 cm³/mol. The van der Waals surface area contributed by atoms with Crippen LogP contribution >= 0.6 is 0 Å². The Morgan fingerprint density at radius 1 is 0.464 bits per heavy atom. The van der Waals surface area contributed by atoms with Gasteiger partial charge in [-0.3, -0.25) is 0 Å². The lowest BCUT2D eigenvalue weighted by Crippen LogP contribution is -2.10. The largest absolute Gasteiger partial charge is 0.507 e. The molecule has 280 valence electrons. The monoisotopic (exact) mass is 745 g/mol. The van der Waals surface area contributed by atoms with Gasteiger partial charge < -0.3 is 34.1 Å². The van der Waals surface area contributed by atoms with Gasteiger partial charge in [0.25, 0.3) is 0 Å². The number of hydrogen-bond acceptors (Lipinski definition) is 8. The van der Waals surface area contributed by atoms with Crippen molar-refractivity contribution in [3.63, 3.8) is 0 Å². The van der Waals surface area contributed by atoms with E-state index in [0.29, 0.717) is 77.4 Å². The van der Waals surface area contributed by atoms with E-state index in [4.69, 9.17) is 0 Å². The van der Waals surface area contributed by atoms with E-state index in [1.165, 1.54) is 0 Å². The molecule has 0 fully saturated rings. The van der Waals surface area contributed by atoms with E-state index in [-0.39, 0.29) is 48.7 Å². The van der Waals surface area contributed by atoms with Gasteiger partial charge in [-0.15, -0.1) is 0 Å². The smallest absolute Gasteiger partial charge is 0.236 e. The zero-order valence-corrected chi connectivity index (χ0v) is 30.7. The van der Waals surface area contributed by atoms with Gasteiger partial charge in [0.05, 0.1) is 25.2 Å². The van der Waals surface area contributed by atoms with Gasteiger partial charge in [0, 0.05) is 88.1 Å². The number of hydrogen-bond donors (Lipinski definition) is 4. The van der Waals surface area contributed by atoms with Crippen molar-refractivity contribution in [3.05, 3.63) is 171 Å². The van der Waals surface area contributed by atoms with Crippen LogP contribution in [-0.2, 0) is 51.9 Å². The van der Waals surface area contributed by atoms with Gasteiger partial charge in [0.15, 0.2) is 12.8 Å². The molecule has 4 heterocycles. The van der Waals surface area contributed by atoms with Crippen LogP contribution in [0.1, 0.15) is 66.8 Å². The third-order valence-corrected chi connectivity index (χ3v) is 10.6. The molecule has 0 radical (unpaired) electrons. The lowest BCUT2D eigenvalue weighted by Gasteiger charge is -2.20. The van der Waals surface area contributed by atoms with Gasteiger partial charge in [0.1, 0.15) is 23.0 Å². The van der Waals surface area contributed by atoms with Crippen LogP contribution in [0.15, 0.2) is 110 Å². The molecule has 0 amide bonds. The minimum absolute atomic E-state index is 0.114. The van der Waals surface area contributed by atoms with Gasteiger partial charge >= 0.3 is 0 Å². The van der Waals surface area contributed by atoms with Gasteiger partial charge in [-0.05, 0) is 110 Å². The van der Waals surface area contributed by atoms with Crippen LogP contribution in [-0.4, -0.2) is 72.8 Å². The molecule has 1 aliphatic carbocycles. The number of phenolic OH excluding ortho intramolecular Hbond substituents is 4. The lowest BCUT2D eigenvalue weighted by atomic mass is 9.88. The number of aromatic nitrogens is 6. The molecule has 9 rings (SSSR count). The second kappa shape index (κ2) is 14.7. The van der Waals surface area contributed by atoms with E-state index in [0.717, 1.165) is 22.3 Å². The van der Waals surface area contributed by atoms with E-state index in [1.807, 2.05) is 87.0 Å². The standard InChI is InChI=1S/C44H40N8O4/c53-41-33-9-29(21-49-5-1-45-25-49)10-34(41)18-36-12-31(23-51-7-3-47-27-51)14-38(43(36)55)20-40-16-32(24-52-8-4-48-28-52)15-39(44(40)56)19-37-13-30(11-35(17-33)42(37)54)22-50-6-2-46-26-50/h1-16,25-27H,17-24,28H2,(H3-,53,54,55,56)/p+1. The summed E-state index contributed by atoms with van der Waals surface area (Å²) >= 11 is 0. The van der Waals surface area contributed by atoms with Crippen molar-refractivity contribution in [1.82, 2.24) is 28.7 Å². The van der Waals surface area contributed by atoms with Crippen molar-refractivity contribution in [2.24, 2.45) is 4.99 Å². The molecule has 2 aliphatic rings. The van der Waals surface area contributed by atoms with Gasteiger partial charge in [-0.2, -0.15) is 0 Å². The Kier molecular flexibility index (Phi) is 9.14. The average Bonchev–Trinajstić information content (AvgIpc) is 4.03. The summed E-state index contributed by atoms with van der Waals surface area (Å²) in [6.45, 7) is 2.69. The number of aliphatic imine (C=N–C) groups is 1. The molecule has 1 aliphatic heterocycles. The fourth-order valence-corrected chi connectivity index (χ4v) is 8.04. The first-order valence-electron chi connectivity index (χ1n) is 18.6. The Bertz CT molecular complexity index is 2470. The van der Waals surface area contributed by atoms with Crippen LogP contribution in [0, 0.1) is 0 Å². The van der Waals surface area contributed by atoms with Crippen molar-refractivity contribution in [2.45, 2.75) is 51.9 Å². The highest BCUT2D eigenvalue weighted by Gasteiger charge is 2.23. The predicted octanol–water partition coefficient (Wildman–Crippen LogP) is 5.55. The minimum atomic E-state index is 0.114. The molecule has 3 aromatic heterocycles. The van der Waals surface area contributed by atoms with Crippen LogP contribution in [0.5, 0.6) is 23.0 Å². The molecule has 12 heteroatoms. The third-order valence-electron chi connectivity index (χ3n) is 10.6. The first-order valence-corrected chi connectivity index (χ1v) is 18.6. The number of fused-ring (bicyclic) bond motifs is 8. The number of aromatic hydroxyl groups is 4. The summed E-state index contributed by atoms with van der Waals surface area (Å²) in [5.41, 5.74) is 9.05. The van der Waals surface area contributed by atoms with Crippen LogP contribution < -0.4 is 0 Å². The third kappa shape index (κ3) is 7.28. The zero-order valence-electron chi connectivity index (χ0n) is 30.7. The van der Waals surface area contributed by atoms with E-state index < -0.39 is 0 Å². The molecule has 4 N–H and O–H groups in total. The fraction of sp³-hybridized carbons (Fsp3) is 0.205. The SMILES string of the molecule is Oc1c2cc(Cn3ccnc3)cc1Cc1cc(Cn3ccnc3)cc(c1O)Cc1cc(C[N+]3=CC=NC3)cc(c1O)Cc1cc(Cn3ccnc3)cc(c1O)C2. The maximum Gasteiger partial charge on any atom is 0.236 e. The molecule has 4 aromatic carbocycles. The number of benzene rings is 4. The quantitative estimate of drug-likeness (QED) is 0.149. The van der Waals surface area contributed by atoms with Crippen LogP contribution in [0.25, 0.3) is 0 Å². The average molecular weight is 746 g/mol. The maximum atomic E-state index is 12.0. The van der Waals surface area contributed by atoms with E-state index in [1.54, 1.807) is 43.8 Å². The van der Waals surface area contributed by atoms with Crippen molar-refractivity contribution in [1.29, 1.82) is 0 Å². The summed E-state index contributed by atoms with van der Waals surface area (Å²) in [4.78, 5) is 17.0. The summed E-state index contributed by atoms with van der Waals surface area (Å²) in [6.07, 6.45) is 20.9. The summed E-state index contributed by atoms with van der Waals surface area (Å²) in [5, 5.41) is 48.2. The second-order valence-electron chi connectivity index (χ2n) is 14.8. The molecule has 0 spiro atoms. The van der Waals surface area contributed by atoms with Gasteiger partial charge in [0.2, 0.25) is 6.67 Å². The molecule has 0 unspecified atom stereocenters. The number of rotatable bonds is 8. The lowest BCUT2D eigenvalue weighted by molar-refractivity contribution is -0.533. The molecular weight excluding hydrogens is 705 g/mol. The summed E-state index contributed by atoms with van der Waals surface area (Å²) in [7, 11) is 0.